The van der Waals surface area contributed by atoms with Crippen LogP contribution in [0.15, 0.2) is 54.6 Å². The number of hydrogen-bond donors (Lipinski definition) is 0. The molecular formula is C17H18. The SMILES string of the molecule is C/C=C\c1ccccc1-c1ccccc1CC. The van der Waals surface area contributed by atoms with Gasteiger partial charge in [0.1, 0.15) is 0 Å². The Hall–Kier alpha value is -1.82. The summed E-state index contributed by atoms with van der Waals surface area (Å²) in [6.07, 6.45) is 5.33. The average Bonchev–Trinajstić information content (AvgIpc) is 2.40. The maximum Gasteiger partial charge on any atom is -0.0109 e. The van der Waals surface area contributed by atoms with Gasteiger partial charge in [0.05, 0.1) is 0 Å². The van der Waals surface area contributed by atoms with E-state index in [0.29, 0.717) is 0 Å². The second-order valence-electron chi connectivity index (χ2n) is 4.10. The van der Waals surface area contributed by atoms with Gasteiger partial charge < -0.3 is 0 Å². The molecule has 0 aliphatic carbocycles. The van der Waals surface area contributed by atoms with Crippen molar-refractivity contribution in [2.45, 2.75) is 20.3 Å². The van der Waals surface area contributed by atoms with Gasteiger partial charge in [-0.3, -0.25) is 0 Å². The van der Waals surface area contributed by atoms with Crippen LogP contribution < -0.4 is 0 Å². The van der Waals surface area contributed by atoms with Gasteiger partial charge in [-0.05, 0) is 35.6 Å². The highest BCUT2D eigenvalue weighted by atomic mass is 14.1. The van der Waals surface area contributed by atoms with E-state index in [1.54, 1.807) is 0 Å². The van der Waals surface area contributed by atoms with Crippen LogP contribution in [0.1, 0.15) is 25.0 Å². The van der Waals surface area contributed by atoms with Crippen LogP contribution in [0.2, 0.25) is 0 Å². The second kappa shape index (κ2) is 5.49. The summed E-state index contributed by atoms with van der Waals surface area (Å²) in [5.74, 6) is 0. The highest BCUT2D eigenvalue weighted by Crippen LogP contribution is 2.28. The molecule has 0 saturated carbocycles. The number of rotatable bonds is 3. The molecule has 0 nitrogen and oxygen atoms in total. The summed E-state index contributed by atoms with van der Waals surface area (Å²) in [5, 5.41) is 0. The molecule has 0 atom stereocenters. The summed E-state index contributed by atoms with van der Waals surface area (Å²) in [5.41, 5.74) is 5.37. The molecule has 17 heavy (non-hydrogen) atoms. The van der Waals surface area contributed by atoms with Crippen molar-refractivity contribution in [2.75, 3.05) is 0 Å². The Bertz CT molecular complexity index is 521. The van der Waals surface area contributed by atoms with Crippen molar-refractivity contribution in [1.29, 1.82) is 0 Å². The molecule has 0 aromatic heterocycles. The third-order valence-corrected chi connectivity index (χ3v) is 3.00. The van der Waals surface area contributed by atoms with E-state index >= 15 is 0 Å². The first-order valence-electron chi connectivity index (χ1n) is 6.16. The van der Waals surface area contributed by atoms with Crippen molar-refractivity contribution < 1.29 is 0 Å². The van der Waals surface area contributed by atoms with E-state index in [-0.39, 0.29) is 0 Å². The molecule has 2 aromatic carbocycles. The minimum atomic E-state index is 1.07. The molecule has 0 heterocycles. The maximum absolute atomic E-state index is 2.21. The highest BCUT2D eigenvalue weighted by molar-refractivity contribution is 5.77. The normalized spacial score (nSPS) is 10.9. The van der Waals surface area contributed by atoms with Gasteiger partial charge in [-0.25, -0.2) is 0 Å². The van der Waals surface area contributed by atoms with Gasteiger partial charge in [0, 0.05) is 0 Å². The Balaban J connectivity index is 2.60. The van der Waals surface area contributed by atoms with Gasteiger partial charge in [0.15, 0.2) is 0 Å². The fourth-order valence-corrected chi connectivity index (χ4v) is 2.16. The Morgan fingerprint density at radius 2 is 1.53 bits per heavy atom. The van der Waals surface area contributed by atoms with Crippen LogP contribution in [-0.4, -0.2) is 0 Å². The lowest BCUT2D eigenvalue weighted by atomic mass is 9.94. The fourth-order valence-electron chi connectivity index (χ4n) is 2.16. The molecule has 0 saturated heterocycles. The van der Waals surface area contributed by atoms with Crippen LogP contribution in [0.3, 0.4) is 0 Å². The Morgan fingerprint density at radius 1 is 0.882 bits per heavy atom. The minimum Gasteiger partial charge on any atom is -0.0870 e. The Morgan fingerprint density at radius 3 is 2.24 bits per heavy atom. The number of benzene rings is 2. The van der Waals surface area contributed by atoms with E-state index in [9.17, 15) is 0 Å². The van der Waals surface area contributed by atoms with Gasteiger partial charge in [-0.15, -0.1) is 0 Å². The number of hydrogen-bond acceptors (Lipinski definition) is 0. The molecule has 0 radical (unpaired) electrons. The van der Waals surface area contributed by atoms with E-state index in [0.717, 1.165) is 6.42 Å². The van der Waals surface area contributed by atoms with Crippen LogP contribution in [0.4, 0.5) is 0 Å². The van der Waals surface area contributed by atoms with Gasteiger partial charge in [0.2, 0.25) is 0 Å². The second-order valence-corrected chi connectivity index (χ2v) is 4.10. The average molecular weight is 222 g/mol. The minimum absolute atomic E-state index is 1.07. The van der Waals surface area contributed by atoms with Crippen molar-refractivity contribution in [3.8, 4) is 11.1 Å². The van der Waals surface area contributed by atoms with Crippen LogP contribution in [-0.2, 0) is 6.42 Å². The van der Waals surface area contributed by atoms with Crippen molar-refractivity contribution in [3.05, 3.63) is 65.7 Å². The van der Waals surface area contributed by atoms with Crippen LogP contribution in [0.25, 0.3) is 17.2 Å². The van der Waals surface area contributed by atoms with Crippen molar-refractivity contribution in [2.24, 2.45) is 0 Å². The zero-order valence-corrected chi connectivity index (χ0v) is 10.5. The molecule has 2 aromatic rings. The number of allylic oxidation sites excluding steroid dienone is 1. The van der Waals surface area contributed by atoms with E-state index in [1.807, 2.05) is 0 Å². The molecule has 0 bridgehead atoms. The smallest absolute Gasteiger partial charge is 0.0109 e. The molecule has 0 unspecified atom stereocenters. The first kappa shape index (κ1) is 11.7. The summed E-state index contributed by atoms with van der Waals surface area (Å²) in [4.78, 5) is 0. The van der Waals surface area contributed by atoms with Crippen LogP contribution >= 0.6 is 0 Å². The quantitative estimate of drug-likeness (QED) is 0.689. The van der Waals surface area contributed by atoms with E-state index in [4.69, 9.17) is 0 Å². The van der Waals surface area contributed by atoms with Crippen molar-refractivity contribution in [1.82, 2.24) is 0 Å². The zero-order chi connectivity index (χ0) is 12.1. The van der Waals surface area contributed by atoms with E-state index < -0.39 is 0 Å². The van der Waals surface area contributed by atoms with Crippen molar-refractivity contribution >= 4 is 6.08 Å². The van der Waals surface area contributed by atoms with Crippen LogP contribution in [0, 0.1) is 0 Å². The summed E-state index contributed by atoms with van der Waals surface area (Å²) in [6.45, 7) is 4.26. The topological polar surface area (TPSA) is 0 Å². The number of aryl methyl sites for hydroxylation is 1. The highest BCUT2D eigenvalue weighted by Gasteiger charge is 2.05. The molecule has 2 rings (SSSR count). The fraction of sp³-hybridized carbons (Fsp3) is 0.176. The standard InChI is InChI=1S/C17H18/c1-3-9-15-11-6-8-13-17(15)16-12-7-5-10-14(16)4-2/h3,5-13H,4H2,1-2H3/b9-3-. The molecule has 0 heteroatoms. The molecule has 0 N–H and O–H groups in total. The molecular weight excluding hydrogens is 204 g/mol. The Labute approximate surface area is 104 Å². The predicted octanol–water partition coefficient (Wildman–Crippen LogP) is 4.95. The summed E-state index contributed by atoms with van der Waals surface area (Å²) >= 11 is 0. The third-order valence-electron chi connectivity index (χ3n) is 3.00. The van der Waals surface area contributed by atoms with E-state index in [2.05, 4.69) is 74.5 Å². The summed E-state index contributed by atoms with van der Waals surface area (Å²) < 4.78 is 0. The maximum atomic E-state index is 2.21. The largest absolute Gasteiger partial charge is 0.0870 e. The molecule has 0 aliphatic rings. The summed E-state index contributed by atoms with van der Waals surface area (Å²) in [6, 6.07) is 17.2. The zero-order valence-electron chi connectivity index (χ0n) is 10.5. The van der Waals surface area contributed by atoms with Crippen LogP contribution in [0.5, 0.6) is 0 Å². The lowest BCUT2D eigenvalue weighted by Crippen LogP contribution is -1.89. The van der Waals surface area contributed by atoms with Crippen molar-refractivity contribution in [3.63, 3.8) is 0 Å². The third kappa shape index (κ3) is 2.47. The lowest BCUT2D eigenvalue weighted by Gasteiger charge is -2.10. The molecule has 86 valence electrons. The molecule has 0 spiro atoms. The van der Waals surface area contributed by atoms with Gasteiger partial charge in [-0.2, -0.15) is 0 Å². The first-order valence-corrected chi connectivity index (χ1v) is 6.16. The van der Waals surface area contributed by atoms with Gasteiger partial charge in [-0.1, -0.05) is 67.6 Å². The van der Waals surface area contributed by atoms with Gasteiger partial charge in [0.25, 0.3) is 0 Å². The monoisotopic (exact) mass is 222 g/mol. The van der Waals surface area contributed by atoms with E-state index in [1.165, 1.54) is 22.3 Å². The summed E-state index contributed by atoms with van der Waals surface area (Å²) in [7, 11) is 0. The predicted molar refractivity (Wildman–Crippen MR) is 76.0 cm³/mol. The molecule has 0 aliphatic heterocycles. The van der Waals surface area contributed by atoms with Gasteiger partial charge >= 0.3 is 0 Å². The molecule has 0 amide bonds. The molecule has 0 fully saturated rings. The Kier molecular flexibility index (Phi) is 3.77. The lowest BCUT2D eigenvalue weighted by molar-refractivity contribution is 1.14. The first-order chi connectivity index (χ1) is 8.36.